The first-order valence-electron chi connectivity index (χ1n) is 3.59. The summed E-state index contributed by atoms with van der Waals surface area (Å²) in [6, 6.07) is 3.86. The van der Waals surface area contributed by atoms with E-state index in [0.717, 1.165) is 0 Å². The molecule has 4 heteroatoms. The van der Waals surface area contributed by atoms with Gasteiger partial charge in [-0.05, 0) is 6.07 Å². The van der Waals surface area contributed by atoms with Gasteiger partial charge in [0.25, 0.3) is 0 Å². The Labute approximate surface area is 72.4 Å². The minimum atomic E-state index is -0.838. The summed E-state index contributed by atoms with van der Waals surface area (Å²) in [6.07, 6.45) is 1.47. The van der Waals surface area contributed by atoms with Crippen molar-refractivity contribution < 1.29 is 8.78 Å². The summed E-state index contributed by atoms with van der Waals surface area (Å²) >= 11 is 0. The topological polar surface area (TPSA) is 39.6 Å². The summed E-state index contributed by atoms with van der Waals surface area (Å²) < 4.78 is 26.0. The van der Waals surface area contributed by atoms with E-state index in [1.54, 1.807) is 6.07 Å². The number of halogens is 2. The Morgan fingerprint density at radius 1 is 1.31 bits per heavy atom. The number of rotatable bonds is 0. The van der Waals surface area contributed by atoms with Crippen LogP contribution in [0.5, 0.6) is 0 Å². The van der Waals surface area contributed by atoms with Gasteiger partial charge in [-0.3, -0.25) is 0 Å². The average Bonchev–Trinajstić information content (AvgIpc) is 2.53. The molecule has 2 aromatic rings. The van der Waals surface area contributed by atoms with Crippen LogP contribution in [0.15, 0.2) is 18.3 Å². The summed E-state index contributed by atoms with van der Waals surface area (Å²) in [7, 11) is 0. The molecular weight excluding hydrogens is 174 g/mol. The molecule has 1 N–H and O–H groups in total. The number of nitriles is 1. The first-order valence-corrected chi connectivity index (χ1v) is 3.59. The molecule has 0 radical (unpaired) electrons. The second kappa shape index (κ2) is 2.56. The van der Waals surface area contributed by atoms with Crippen LogP contribution in [0, 0.1) is 23.0 Å². The average molecular weight is 178 g/mol. The fourth-order valence-electron chi connectivity index (χ4n) is 1.27. The number of benzene rings is 1. The Morgan fingerprint density at radius 3 is 2.77 bits per heavy atom. The van der Waals surface area contributed by atoms with Crippen LogP contribution in [-0.2, 0) is 0 Å². The number of nitrogens with zero attached hydrogens (tertiary/aromatic N) is 1. The summed E-state index contributed by atoms with van der Waals surface area (Å²) in [4.78, 5) is 2.62. The zero-order chi connectivity index (χ0) is 9.42. The van der Waals surface area contributed by atoms with E-state index in [2.05, 4.69) is 4.98 Å². The monoisotopic (exact) mass is 178 g/mol. The number of aromatic amines is 1. The Bertz CT molecular complexity index is 508. The molecular formula is C9H4F2N2. The standard InChI is InChI=1S/C9H4F2N2/c10-7-3-8(11)6(4-12)9-5(7)1-2-13-9/h1-3,13H. The van der Waals surface area contributed by atoms with Crippen LogP contribution in [0.1, 0.15) is 5.56 Å². The van der Waals surface area contributed by atoms with Crippen LogP contribution in [0.25, 0.3) is 10.9 Å². The Morgan fingerprint density at radius 2 is 2.08 bits per heavy atom. The highest BCUT2D eigenvalue weighted by Crippen LogP contribution is 2.22. The molecule has 2 nitrogen and oxygen atoms in total. The third kappa shape index (κ3) is 0.975. The number of aromatic nitrogens is 1. The van der Waals surface area contributed by atoms with Gasteiger partial charge in [-0.2, -0.15) is 5.26 Å². The molecule has 0 amide bonds. The molecule has 0 spiro atoms. The molecule has 0 unspecified atom stereocenters. The number of H-pyrrole nitrogens is 1. The van der Waals surface area contributed by atoms with E-state index in [-0.39, 0.29) is 16.5 Å². The van der Waals surface area contributed by atoms with Gasteiger partial charge in [-0.25, -0.2) is 8.78 Å². The van der Waals surface area contributed by atoms with Crippen molar-refractivity contribution in [1.29, 1.82) is 5.26 Å². The third-order valence-electron chi connectivity index (χ3n) is 1.86. The van der Waals surface area contributed by atoms with Crippen molar-refractivity contribution in [3.8, 4) is 6.07 Å². The van der Waals surface area contributed by atoms with Crippen molar-refractivity contribution in [2.75, 3.05) is 0 Å². The van der Waals surface area contributed by atoms with Crippen molar-refractivity contribution in [2.24, 2.45) is 0 Å². The lowest BCUT2D eigenvalue weighted by Crippen LogP contribution is -1.88. The van der Waals surface area contributed by atoms with Crippen LogP contribution in [0.4, 0.5) is 8.78 Å². The minimum absolute atomic E-state index is 0.151. The molecule has 0 bridgehead atoms. The maximum absolute atomic E-state index is 13.0. The zero-order valence-electron chi connectivity index (χ0n) is 6.44. The molecule has 0 aliphatic heterocycles. The Balaban J connectivity index is 2.99. The maximum atomic E-state index is 13.0. The molecule has 2 rings (SSSR count). The molecule has 0 aliphatic rings. The van der Waals surface area contributed by atoms with E-state index >= 15 is 0 Å². The number of hydrogen-bond acceptors (Lipinski definition) is 1. The fraction of sp³-hybridized carbons (Fsp3) is 0. The SMILES string of the molecule is N#Cc1c(F)cc(F)c2cc[nH]c12. The molecule has 1 aromatic carbocycles. The quantitative estimate of drug-likeness (QED) is 0.660. The maximum Gasteiger partial charge on any atom is 0.146 e. The zero-order valence-corrected chi connectivity index (χ0v) is 6.44. The highest BCUT2D eigenvalue weighted by molar-refractivity contribution is 5.85. The number of hydrogen-bond donors (Lipinski definition) is 1. The van der Waals surface area contributed by atoms with Crippen LogP contribution in [-0.4, -0.2) is 4.98 Å². The first kappa shape index (κ1) is 7.74. The first-order chi connectivity index (χ1) is 6.24. The van der Waals surface area contributed by atoms with Gasteiger partial charge in [0.1, 0.15) is 23.3 Å². The summed E-state index contributed by atoms with van der Waals surface area (Å²) in [5, 5.41) is 8.83. The van der Waals surface area contributed by atoms with Gasteiger partial charge in [0, 0.05) is 17.6 Å². The van der Waals surface area contributed by atoms with Crippen LogP contribution in [0.2, 0.25) is 0 Å². The molecule has 0 aliphatic carbocycles. The second-order valence-corrected chi connectivity index (χ2v) is 2.59. The van der Waals surface area contributed by atoms with Gasteiger partial charge in [0.2, 0.25) is 0 Å². The normalized spacial score (nSPS) is 10.2. The van der Waals surface area contributed by atoms with Crippen LogP contribution in [0.3, 0.4) is 0 Å². The number of nitrogens with one attached hydrogen (secondary N) is 1. The van der Waals surface area contributed by atoms with Gasteiger partial charge in [0.05, 0.1) is 5.52 Å². The molecule has 0 saturated carbocycles. The predicted molar refractivity (Wildman–Crippen MR) is 42.9 cm³/mol. The fourth-order valence-corrected chi connectivity index (χ4v) is 1.27. The Hall–Kier alpha value is -1.89. The lowest BCUT2D eigenvalue weighted by molar-refractivity contribution is 0.589. The molecule has 0 saturated heterocycles. The van der Waals surface area contributed by atoms with Crippen molar-refractivity contribution in [3.63, 3.8) is 0 Å². The molecule has 64 valence electrons. The van der Waals surface area contributed by atoms with Crippen molar-refractivity contribution in [2.45, 2.75) is 0 Å². The van der Waals surface area contributed by atoms with E-state index in [9.17, 15) is 8.78 Å². The minimum Gasteiger partial charge on any atom is -0.360 e. The van der Waals surface area contributed by atoms with Crippen LogP contribution >= 0.6 is 0 Å². The second-order valence-electron chi connectivity index (χ2n) is 2.59. The predicted octanol–water partition coefficient (Wildman–Crippen LogP) is 2.32. The van der Waals surface area contributed by atoms with Gasteiger partial charge in [-0.1, -0.05) is 0 Å². The summed E-state index contributed by atoms with van der Waals surface area (Å²) in [6.45, 7) is 0. The highest BCUT2D eigenvalue weighted by atomic mass is 19.1. The largest absolute Gasteiger partial charge is 0.360 e. The van der Waals surface area contributed by atoms with Crippen LogP contribution < -0.4 is 0 Å². The Kier molecular flexibility index (Phi) is 1.52. The lowest BCUT2D eigenvalue weighted by atomic mass is 10.1. The molecule has 0 fully saturated rings. The van der Waals surface area contributed by atoms with Gasteiger partial charge < -0.3 is 4.98 Å². The van der Waals surface area contributed by atoms with Crippen molar-refractivity contribution in [3.05, 3.63) is 35.5 Å². The third-order valence-corrected chi connectivity index (χ3v) is 1.86. The molecule has 0 atom stereocenters. The molecule has 1 heterocycles. The van der Waals surface area contributed by atoms with E-state index in [1.807, 2.05) is 0 Å². The highest BCUT2D eigenvalue weighted by Gasteiger charge is 2.12. The molecule has 13 heavy (non-hydrogen) atoms. The van der Waals surface area contributed by atoms with E-state index < -0.39 is 11.6 Å². The smallest absolute Gasteiger partial charge is 0.146 e. The van der Waals surface area contributed by atoms with E-state index in [0.29, 0.717) is 6.07 Å². The van der Waals surface area contributed by atoms with Crippen molar-refractivity contribution in [1.82, 2.24) is 4.98 Å². The molecule has 1 aromatic heterocycles. The van der Waals surface area contributed by atoms with Gasteiger partial charge >= 0.3 is 0 Å². The number of fused-ring (bicyclic) bond motifs is 1. The van der Waals surface area contributed by atoms with Crippen molar-refractivity contribution >= 4 is 10.9 Å². The van der Waals surface area contributed by atoms with Gasteiger partial charge in [-0.15, -0.1) is 0 Å². The van der Waals surface area contributed by atoms with Gasteiger partial charge in [0.15, 0.2) is 0 Å². The summed E-state index contributed by atoms with van der Waals surface area (Å²) in [5.41, 5.74) is 0.0569. The lowest BCUT2D eigenvalue weighted by Gasteiger charge is -1.96. The summed E-state index contributed by atoms with van der Waals surface area (Å²) in [5.74, 6) is -1.50. The van der Waals surface area contributed by atoms with E-state index in [4.69, 9.17) is 5.26 Å². The van der Waals surface area contributed by atoms with E-state index in [1.165, 1.54) is 12.3 Å².